The van der Waals surface area contributed by atoms with Crippen molar-refractivity contribution >= 4 is 49.4 Å². The Morgan fingerprint density at radius 2 is 2.00 bits per heavy atom. The van der Waals surface area contributed by atoms with Crippen LogP contribution in [0.1, 0.15) is 24.6 Å². The number of aryl methyl sites for hydroxylation is 1. The highest BCUT2D eigenvalue weighted by Gasteiger charge is 2.34. The third-order valence-corrected chi connectivity index (χ3v) is 5.69. The van der Waals surface area contributed by atoms with Crippen LogP contribution in [0.3, 0.4) is 0 Å². The number of fused-ring (bicyclic) bond motifs is 2. The number of benzene rings is 1. The van der Waals surface area contributed by atoms with Gasteiger partial charge in [0.1, 0.15) is 10.2 Å². The number of carbonyl (C=O) groups is 1. The third kappa shape index (κ3) is 2.42. The van der Waals surface area contributed by atoms with E-state index in [2.05, 4.69) is 26.0 Å². The molecule has 1 aromatic carbocycles. The highest BCUT2D eigenvalue weighted by Crippen LogP contribution is 2.37. The fourth-order valence-electron chi connectivity index (χ4n) is 3.01. The molecular formula is C17H13BrN4O3S. The van der Waals surface area contributed by atoms with Gasteiger partial charge in [0.05, 0.1) is 11.3 Å². The lowest BCUT2D eigenvalue weighted by Crippen LogP contribution is -2.33. The molecule has 0 saturated carbocycles. The number of amides is 1. The number of halogens is 1. The van der Waals surface area contributed by atoms with Gasteiger partial charge < -0.3 is 4.90 Å². The van der Waals surface area contributed by atoms with Gasteiger partial charge in [-0.2, -0.15) is 14.6 Å². The molecule has 0 aliphatic carbocycles. The predicted molar refractivity (Wildman–Crippen MR) is 103 cm³/mol. The number of carbonyl (C=O) groups excluding carboxylic acids is 1. The van der Waals surface area contributed by atoms with E-state index in [1.54, 1.807) is 4.90 Å². The van der Waals surface area contributed by atoms with E-state index in [9.17, 15) is 14.4 Å². The van der Waals surface area contributed by atoms with Crippen LogP contribution >= 0.6 is 27.3 Å². The van der Waals surface area contributed by atoms with Crippen molar-refractivity contribution in [3.8, 4) is 0 Å². The molecule has 0 atom stereocenters. The molecule has 1 aliphatic heterocycles. The molecule has 1 aliphatic rings. The second kappa shape index (κ2) is 6.10. The number of aromatic nitrogens is 3. The summed E-state index contributed by atoms with van der Waals surface area (Å²) in [5.74, 6) is -0.219. The molecular weight excluding hydrogens is 420 g/mol. The van der Waals surface area contributed by atoms with Crippen LogP contribution in [0, 0.1) is 6.92 Å². The zero-order valence-electron chi connectivity index (χ0n) is 13.9. The van der Waals surface area contributed by atoms with Crippen LogP contribution in [0.25, 0.3) is 10.5 Å². The summed E-state index contributed by atoms with van der Waals surface area (Å²) < 4.78 is 2.16. The van der Waals surface area contributed by atoms with Gasteiger partial charge in [-0.3, -0.25) is 14.4 Å². The summed E-state index contributed by atoms with van der Waals surface area (Å²) in [7, 11) is 0. The van der Waals surface area contributed by atoms with Crippen molar-refractivity contribution < 1.29 is 4.79 Å². The first kappa shape index (κ1) is 17.0. The van der Waals surface area contributed by atoms with Gasteiger partial charge in [-0.1, -0.05) is 34.2 Å². The molecule has 0 bridgehead atoms. The minimum Gasteiger partial charge on any atom is -0.308 e. The second-order valence-corrected chi connectivity index (χ2v) is 7.82. The van der Waals surface area contributed by atoms with E-state index >= 15 is 0 Å². The molecule has 1 amide bonds. The highest BCUT2D eigenvalue weighted by atomic mass is 79.9. The predicted octanol–water partition coefficient (Wildman–Crippen LogP) is 1.26. The van der Waals surface area contributed by atoms with Crippen molar-refractivity contribution in [2.24, 2.45) is 0 Å². The topological polar surface area (TPSA) is 84.6 Å². The summed E-state index contributed by atoms with van der Waals surface area (Å²) in [5.41, 5.74) is 1.04. The van der Waals surface area contributed by atoms with Crippen molar-refractivity contribution in [1.29, 1.82) is 0 Å². The van der Waals surface area contributed by atoms with E-state index < -0.39 is 11.1 Å². The van der Waals surface area contributed by atoms with Gasteiger partial charge in [0.2, 0.25) is 4.96 Å². The molecule has 3 aromatic rings. The normalized spacial score (nSPS) is 15.8. The lowest BCUT2D eigenvalue weighted by molar-refractivity contribution is -0.113. The molecule has 0 fully saturated rings. The Bertz CT molecular complexity index is 1250. The Morgan fingerprint density at radius 3 is 2.73 bits per heavy atom. The first-order valence-electron chi connectivity index (χ1n) is 7.99. The van der Waals surface area contributed by atoms with Crippen molar-refractivity contribution in [1.82, 2.24) is 14.6 Å². The fraction of sp³-hybridized carbons (Fsp3) is 0.235. The summed E-state index contributed by atoms with van der Waals surface area (Å²) >= 11 is 4.44. The van der Waals surface area contributed by atoms with Gasteiger partial charge in [0, 0.05) is 16.6 Å². The Hall–Kier alpha value is -2.39. The van der Waals surface area contributed by atoms with Gasteiger partial charge in [-0.25, -0.2) is 0 Å². The van der Waals surface area contributed by atoms with Gasteiger partial charge in [0.15, 0.2) is 0 Å². The average molecular weight is 433 g/mol. The van der Waals surface area contributed by atoms with Crippen molar-refractivity contribution in [3.63, 3.8) is 0 Å². The molecule has 9 heteroatoms. The molecule has 26 heavy (non-hydrogen) atoms. The maximum absolute atomic E-state index is 13.1. The van der Waals surface area contributed by atoms with Crippen molar-refractivity contribution in [2.75, 3.05) is 11.4 Å². The van der Waals surface area contributed by atoms with Crippen LogP contribution in [0.4, 0.5) is 5.69 Å². The van der Waals surface area contributed by atoms with Gasteiger partial charge in [0.25, 0.3) is 17.0 Å². The molecule has 0 radical (unpaired) electrons. The van der Waals surface area contributed by atoms with Crippen molar-refractivity contribution in [2.45, 2.75) is 20.3 Å². The summed E-state index contributed by atoms with van der Waals surface area (Å²) in [6.07, 6.45) is 0.793. The number of nitrogens with zero attached hydrogens (tertiary/aromatic N) is 4. The Kier molecular flexibility index (Phi) is 4.00. The minimum absolute atomic E-state index is 0.141. The van der Waals surface area contributed by atoms with E-state index in [0.717, 1.165) is 32.4 Å². The highest BCUT2D eigenvalue weighted by molar-refractivity contribution is 9.10. The quantitative estimate of drug-likeness (QED) is 0.608. The first-order chi connectivity index (χ1) is 12.4. The minimum atomic E-state index is -0.476. The standard InChI is InChI=1S/C17H13BrN4O3S/c1-3-6-21-11-5-4-9(18)7-10(11)12(15(21)24)13-16(25)22-17(26-13)19-14(23)8(2)20-22/h4-5,7H,3,6H2,1-2H3. The zero-order chi connectivity index (χ0) is 18.6. The van der Waals surface area contributed by atoms with E-state index in [1.807, 2.05) is 25.1 Å². The fourth-order valence-corrected chi connectivity index (χ4v) is 4.36. The molecule has 132 valence electrons. The molecule has 4 rings (SSSR count). The maximum Gasteiger partial charge on any atom is 0.295 e. The number of anilines is 1. The molecule has 0 unspecified atom stereocenters. The second-order valence-electron chi connectivity index (χ2n) is 5.93. The van der Waals surface area contributed by atoms with Gasteiger partial charge in [-0.05, 0) is 31.5 Å². The van der Waals surface area contributed by atoms with Crippen LogP contribution in [0.2, 0.25) is 0 Å². The summed E-state index contributed by atoms with van der Waals surface area (Å²) in [4.78, 5) is 43.4. The molecule has 0 N–H and O–H groups in total. The Balaban J connectivity index is 2.13. The van der Waals surface area contributed by atoms with Crippen LogP contribution in [-0.2, 0) is 4.79 Å². The van der Waals surface area contributed by atoms with E-state index in [0.29, 0.717) is 17.7 Å². The first-order valence-corrected chi connectivity index (χ1v) is 9.60. The monoisotopic (exact) mass is 432 g/mol. The molecule has 3 heterocycles. The molecule has 0 saturated heterocycles. The van der Waals surface area contributed by atoms with Crippen LogP contribution < -0.4 is 20.6 Å². The van der Waals surface area contributed by atoms with Gasteiger partial charge >= 0.3 is 0 Å². The largest absolute Gasteiger partial charge is 0.308 e. The Labute approximate surface area is 159 Å². The maximum atomic E-state index is 13.1. The summed E-state index contributed by atoms with van der Waals surface area (Å²) in [5, 5.41) is 4.01. The van der Waals surface area contributed by atoms with E-state index in [1.165, 1.54) is 6.92 Å². The van der Waals surface area contributed by atoms with E-state index in [-0.39, 0.29) is 21.1 Å². The van der Waals surface area contributed by atoms with Gasteiger partial charge in [-0.15, -0.1) is 0 Å². The summed E-state index contributed by atoms with van der Waals surface area (Å²) in [6.45, 7) is 4.05. The number of thiazole rings is 1. The average Bonchev–Trinajstić information content (AvgIpc) is 3.04. The SMILES string of the molecule is CCCN1C(=O)C(=c2sc3nc(=O)c(C)nn3c2=O)c2cc(Br)ccc21. The number of rotatable bonds is 2. The summed E-state index contributed by atoms with van der Waals surface area (Å²) in [6, 6.07) is 5.56. The van der Waals surface area contributed by atoms with Crippen molar-refractivity contribution in [3.05, 3.63) is 59.2 Å². The van der Waals surface area contributed by atoms with Crippen LogP contribution in [-0.4, -0.2) is 27.0 Å². The van der Waals surface area contributed by atoms with Crippen LogP contribution in [0.5, 0.6) is 0 Å². The number of hydrogen-bond donors (Lipinski definition) is 0. The molecule has 7 nitrogen and oxygen atoms in total. The smallest absolute Gasteiger partial charge is 0.295 e. The number of hydrogen-bond acceptors (Lipinski definition) is 6. The molecule has 0 spiro atoms. The van der Waals surface area contributed by atoms with E-state index in [4.69, 9.17) is 0 Å². The van der Waals surface area contributed by atoms with Crippen LogP contribution in [0.15, 0.2) is 32.3 Å². The third-order valence-electron chi connectivity index (χ3n) is 4.17. The zero-order valence-corrected chi connectivity index (χ0v) is 16.3. The lowest BCUT2D eigenvalue weighted by atomic mass is 10.1. The molecule has 2 aromatic heterocycles. The lowest BCUT2D eigenvalue weighted by Gasteiger charge is -2.15. The Morgan fingerprint density at radius 1 is 1.23 bits per heavy atom.